The minimum atomic E-state index is -4.01. The van der Waals surface area contributed by atoms with Crippen molar-refractivity contribution in [3.63, 3.8) is 0 Å². The van der Waals surface area contributed by atoms with E-state index in [9.17, 15) is 28.1 Å². The fourth-order valence-corrected chi connectivity index (χ4v) is 3.99. The SMILES string of the molecule is CCOC(=O)CC1=NC(S(C)(=O)=O)N(N)C(Oc2cccc(C(=O)N(CC)CC)c2)=C1[N+](=O)[O-]. The number of carbonyl (C=O) groups excluding carboxylic acids is 2. The molecule has 1 aliphatic heterocycles. The number of carbonyl (C=O) groups is 2. The highest BCUT2D eigenvalue weighted by atomic mass is 32.2. The number of nitrogens with two attached hydrogens (primary N) is 1. The summed E-state index contributed by atoms with van der Waals surface area (Å²) in [6.45, 7) is 6.14. The largest absolute Gasteiger partial charge is 0.466 e. The second-order valence-corrected chi connectivity index (χ2v) is 9.22. The lowest BCUT2D eigenvalue weighted by atomic mass is 10.1. The van der Waals surface area contributed by atoms with Gasteiger partial charge in [-0.3, -0.25) is 19.7 Å². The predicted molar refractivity (Wildman–Crippen MR) is 122 cm³/mol. The molecule has 0 saturated carbocycles. The highest BCUT2D eigenvalue weighted by Gasteiger charge is 2.43. The van der Waals surface area contributed by atoms with Crippen LogP contribution in [0.1, 0.15) is 37.6 Å². The molecule has 13 nitrogen and oxygen atoms in total. The smallest absolute Gasteiger partial charge is 0.352 e. The zero-order chi connectivity index (χ0) is 25.6. The van der Waals surface area contributed by atoms with E-state index in [2.05, 4.69) is 4.99 Å². The quantitative estimate of drug-likeness (QED) is 0.212. The van der Waals surface area contributed by atoms with Crippen molar-refractivity contribution in [3.8, 4) is 5.75 Å². The maximum atomic E-state index is 12.7. The lowest BCUT2D eigenvalue weighted by Gasteiger charge is -2.30. The molecule has 2 rings (SSSR count). The monoisotopic (exact) mass is 497 g/mol. The summed E-state index contributed by atoms with van der Waals surface area (Å²) in [5.41, 5.74) is -2.79. The number of hydrogen-bond donors (Lipinski definition) is 1. The van der Waals surface area contributed by atoms with Crippen LogP contribution in [0.4, 0.5) is 0 Å². The summed E-state index contributed by atoms with van der Waals surface area (Å²) in [7, 11) is -4.01. The van der Waals surface area contributed by atoms with Gasteiger partial charge in [-0.25, -0.2) is 24.3 Å². The Morgan fingerprint density at radius 3 is 2.44 bits per heavy atom. The number of amides is 1. The van der Waals surface area contributed by atoms with Crippen molar-refractivity contribution in [3.05, 3.63) is 51.5 Å². The van der Waals surface area contributed by atoms with Crippen molar-refractivity contribution in [2.24, 2.45) is 10.8 Å². The first-order valence-corrected chi connectivity index (χ1v) is 12.3. The Morgan fingerprint density at radius 2 is 1.91 bits per heavy atom. The number of esters is 1. The first kappa shape index (κ1) is 26.7. The van der Waals surface area contributed by atoms with Gasteiger partial charge in [-0.1, -0.05) is 6.07 Å². The predicted octanol–water partition coefficient (Wildman–Crippen LogP) is 0.905. The molecule has 1 atom stereocenters. The van der Waals surface area contributed by atoms with Gasteiger partial charge in [-0.05, 0) is 39.0 Å². The van der Waals surface area contributed by atoms with Crippen LogP contribution in [0.3, 0.4) is 0 Å². The maximum Gasteiger partial charge on any atom is 0.352 e. The molecule has 0 saturated heterocycles. The van der Waals surface area contributed by atoms with Crippen molar-refractivity contribution >= 4 is 27.4 Å². The molecule has 0 fully saturated rings. The number of benzene rings is 1. The average molecular weight is 498 g/mol. The highest BCUT2D eigenvalue weighted by molar-refractivity contribution is 7.91. The molecule has 0 radical (unpaired) electrons. The normalized spacial score (nSPS) is 16.1. The third-order valence-corrected chi connectivity index (χ3v) is 5.84. The number of allylic oxidation sites excluding steroid dienone is 1. The first-order chi connectivity index (χ1) is 15.9. The third-order valence-electron chi connectivity index (χ3n) is 4.74. The maximum absolute atomic E-state index is 12.7. The van der Waals surface area contributed by atoms with Crippen molar-refractivity contribution in [2.75, 3.05) is 26.0 Å². The summed E-state index contributed by atoms with van der Waals surface area (Å²) < 4.78 is 35.0. The zero-order valence-corrected chi connectivity index (χ0v) is 20.1. The van der Waals surface area contributed by atoms with E-state index in [0.717, 1.165) is 6.26 Å². The molecule has 1 heterocycles. The van der Waals surface area contributed by atoms with E-state index in [4.69, 9.17) is 15.3 Å². The second kappa shape index (κ2) is 11.1. The average Bonchev–Trinajstić information content (AvgIpc) is 2.76. The molecule has 2 N–H and O–H groups in total. The Morgan fingerprint density at radius 1 is 1.26 bits per heavy atom. The van der Waals surface area contributed by atoms with Crippen LogP contribution in [-0.4, -0.2) is 72.3 Å². The summed E-state index contributed by atoms with van der Waals surface area (Å²) >= 11 is 0. The molecule has 1 aromatic carbocycles. The molecule has 34 heavy (non-hydrogen) atoms. The Hall–Kier alpha value is -3.52. The van der Waals surface area contributed by atoms with Crippen molar-refractivity contribution < 1.29 is 32.4 Å². The van der Waals surface area contributed by atoms with E-state index in [1.807, 2.05) is 13.8 Å². The van der Waals surface area contributed by atoms with E-state index in [1.54, 1.807) is 17.9 Å². The topological polar surface area (TPSA) is 175 Å². The van der Waals surface area contributed by atoms with Gasteiger partial charge >= 0.3 is 11.7 Å². The van der Waals surface area contributed by atoms with Crippen LogP contribution in [0, 0.1) is 10.1 Å². The Kier molecular flexibility index (Phi) is 8.70. The van der Waals surface area contributed by atoms with E-state index in [-0.39, 0.29) is 23.8 Å². The molecule has 0 aliphatic carbocycles. The number of hydrazine groups is 1. The minimum absolute atomic E-state index is 0.00700. The van der Waals surface area contributed by atoms with Gasteiger partial charge in [0, 0.05) is 24.9 Å². The molecular weight excluding hydrogens is 470 g/mol. The van der Waals surface area contributed by atoms with Gasteiger partial charge in [0.2, 0.25) is 5.50 Å². The zero-order valence-electron chi connectivity index (χ0n) is 19.3. The lowest BCUT2D eigenvalue weighted by Crippen LogP contribution is -2.50. The van der Waals surface area contributed by atoms with Gasteiger partial charge < -0.3 is 14.4 Å². The Balaban J connectivity index is 2.58. The minimum Gasteiger partial charge on any atom is -0.466 e. The molecule has 1 amide bonds. The van der Waals surface area contributed by atoms with Gasteiger partial charge in [0.1, 0.15) is 11.5 Å². The number of hydrogen-bond acceptors (Lipinski definition) is 11. The van der Waals surface area contributed by atoms with Crippen LogP contribution in [0.2, 0.25) is 0 Å². The van der Waals surface area contributed by atoms with Gasteiger partial charge in [-0.2, -0.15) is 0 Å². The number of ether oxygens (including phenoxy) is 2. The summed E-state index contributed by atoms with van der Waals surface area (Å²) in [6, 6.07) is 5.82. The number of nitro groups is 1. The standard InChI is InChI=1S/C20H27N5O8S/c1-5-23(6-2)18(27)13-9-8-10-14(11-13)33-19-17(25(28)29)15(12-16(26)32-7-3)22-20(24(19)21)34(4,30)31/h8-11,20H,5-7,12,21H2,1-4H3. The van der Waals surface area contributed by atoms with Crippen molar-refractivity contribution in [1.29, 1.82) is 0 Å². The van der Waals surface area contributed by atoms with E-state index >= 15 is 0 Å². The molecule has 14 heteroatoms. The van der Waals surface area contributed by atoms with Gasteiger partial charge in [0.25, 0.3) is 11.8 Å². The van der Waals surface area contributed by atoms with Crippen LogP contribution >= 0.6 is 0 Å². The first-order valence-electron chi connectivity index (χ1n) is 10.4. The van der Waals surface area contributed by atoms with Crippen LogP contribution in [0.15, 0.2) is 40.8 Å². The van der Waals surface area contributed by atoms with E-state index < -0.39 is 49.9 Å². The van der Waals surface area contributed by atoms with Gasteiger partial charge in [-0.15, -0.1) is 0 Å². The summed E-state index contributed by atoms with van der Waals surface area (Å²) in [4.78, 5) is 41.1. The number of rotatable bonds is 10. The second-order valence-electron chi connectivity index (χ2n) is 7.14. The lowest BCUT2D eigenvalue weighted by molar-refractivity contribution is -0.419. The molecule has 1 aliphatic rings. The van der Waals surface area contributed by atoms with E-state index in [0.29, 0.717) is 18.1 Å². The van der Waals surface area contributed by atoms with Gasteiger partial charge in [0.05, 0.1) is 18.0 Å². The molecule has 0 bridgehead atoms. The van der Waals surface area contributed by atoms with Crippen LogP contribution < -0.4 is 10.6 Å². The molecule has 0 spiro atoms. The molecule has 0 aromatic heterocycles. The molecule has 186 valence electrons. The molecular formula is C20H27N5O8S. The Labute approximate surface area is 196 Å². The number of aliphatic imine (C=N–C) groups is 1. The summed E-state index contributed by atoms with van der Waals surface area (Å²) in [6.07, 6.45) is 0.165. The van der Waals surface area contributed by atoms with Gasteiger partial charge in [0.15, 0.2) is 9.84 Å². The number of sulfone groups is 1. The van der Waals surface area contributed by atoms with Crippen LogP contribution in [0.25, 0.3) is 0 Å². The van der Waals surface area contributed by atoms with Crippen molar-refractivity contribution in [2.45, 2.75) is 32.7 Å². The van der Waals surface area contributed by atoms with E-state index in [1.165, 1.54) is 18.2 Å². The summed E-state index contributed by atoms with van der Waals surface area (Å²) in [5, 5.41) is 12.4. The molecule has 1 unspecified atom stereocenters. The van der Waals surface area contributed by atoms with Crippen LogP contribution in [-0.2, 0) is 19.4 Å². The Bertz CT molecular complexity index is 1130. The number of nitrogens with zero attached hydrogens (tertiary/aromatic N) is 4. The highest BCUT2D eigenvalue weighted by Crippen LogP contribution is 2.28. The fourth-order valence-electron chi connectivity index (χ4n) is 3.16. The third kappa shape index (κ3) is 6.08. The van der Waals surface area contributed by atoms with Crippen LogP contribution in [0.5, 0.6) is 5.75 Å². The summed E-state index contributed by atoms with van der Waals surface area (Å²) in [5.74, 6) is 4.11. The van der Waals surface area contributed by atoms with Crippen molar-refractivity contribution in [1.82, 2.24) is 9.91 Å². The molecule has 1 aromatic rings. The fraction of sp³-hybridized carbons (Fsp3) is 0.450.